The summed E-state index contributed by atoms with van der Waals surface area (Å²) in [5.41, 5.74) is 0.893. The molecule has 0 spiro atoms. The molecule has 11 nitrogen and oxygen atoms in total. The number of ether oxygens (including phenoxy) is 2. The highest BCUT2D eigenvalue weighted by Gasteiger charge is 2.30. The highest BCUT2D eigenvalue weighted by Crippen LogP contribution is 2.34. The first-order chi connectivity index (χ1) is 14.8. The van der Waals surface area contributed by atoms with E-state index in [1.54, 1.807) is 16.3 Å². The quantitative estimate of drug-likeness (QED) is 0.292. The molecule has 1 atom stereocenters. The van der Waals surface area contributed by atoms with Gasteiger partial charge in [0, 0.05) is 31.9 Å². The van der Waals surface area contributed by atoms with Crippen molar-refractivity contribution in [2.75, 3.05) is 19.8 Å². The Morgan fingerprint density at radius 2 is 2.10 bits per heavy atom. The minimum absolute atomic E-state index is 0.0227. The lowest BCUT2D eigenvalue weighted by Gasteiger charge is -2.22. The molecule has 0 amide bonds. The molecule has 0 N–H and O–H groups in total. The topological polar surface area (TPSA) is 123 Å². The fraction of sp³-hybridized carbons (Fsp3) is 0.556. The molecule has 0 saturated carbocycles. The fourth-order valence-corrected chi connectivity index (χ4v) is 4.03. The van der Waals surface area contributed by atoms with Gasteiger partial charge in [-0.25, -0.2) is 9.67 Å². The van der Waals surface area contributed by atoms with E-state index in [0.717, 1.165) is 12.8 Å². The van der Waals surface area contributed by atoms with Gasteiger partial charge < -0.3 is 9.47 Å². The Kier molecular flexibility index (Phi) is 6.26. The first kappa shape index (κ1) is 21.7. The van der Waals surface area contributed by atoms with Crippen LogP contribution < -0.4 is 4.74 Å². The second kappa shape index (κ2) is 8.93. The minimum atomic E-state index is -0.447. The van der Waals surface area contributed by atoms with Crippen LogP contribution in [0, 0.1) is 23.0 Å². The molecule has 0 unspecified atom stereocenters. The summed E-state index contributed by atoms with van der Waals surface area (Å²) in [7, 11) is 0. The second-order valence-electron chi connectivity index (χ2n) is 7.55. The molecule has 3 aromatic heterocycles. The molecule has 3 aromatic rings. The third-order valence-electron chi connectivity index (χ3n) is 5.21. The molecule has 166 valence electrons. The number of fused-ring (bicyclic) bond motifs is 1. The summed E-state index contributed by atoms with van der Waals surface area (Å²) in [6.45, 7) is 5.46. The predicted molar refractivity (Wildman–Crippen MR) is 113 cm³/mol. The molecule has 0 aliphatic carbocycles. The number of rotatable bonds is 7. The van der Waals surface area contributed by atoms with Gasteiger partial charge in [0.1, 0.15) is 5.69 Å². The molecular formula is C18H21Cl2N7O4. The maximum atomic E-state index is 11.6. The van der Waals surface area contributed by atoms with Crippen LogP contribution in [0.4, 0.5) is 5.69 Å². The van der Waals surface area contributed by atoms with Crippen molar-refractivity contribution < 1.29 is 14.4 Å². The van der Waals surface area contributed by atoms with Crippen molar-refractivity contribution in [2.45, 2.75) is 39.3 Å². The molecule has 4 heterocycles. The van der Waals surface area contributed by atoms with Crippen LogP contribution in [0.5, 0.6) is 5.88 Å². The van der Waals surface area contributed by atoms with Gasteiger partial charge >= 0.3 is 11.6 Å². The van der Waals surface area contributed by atoms with E-state index in [1.165, 1.54) is 6.20 Å². The molecule has 31 heavy (non-hydrogen) atoms. The monoisotopic (exact) mass is 469 g/mol. The number of halogens is 2. The lowest BCUT2D eigenvalue weighted by atomic mass is 10.1. The number of aromatic nitrogens is 6. The SMILES string of the molecule is Cc1c([N+](=O)[O-])c(OC[C@H](C)Cn2nc(Cl)c3cnc(Cl)nc32)nn1C1CCOCC1. The second-order valence-corrected chi connectivity index (χ2v) is 8.25. The van der Waals surface area contributed by atoms with Gasteiger partial charge in [0.05, 0.1) is 23.0 Å². The molecular weight excluding hydrogens is 449 g/mol. The van der Waals surface area contributed by atoms with E-state index in [4.69, 9.17) is 32.7 Å². The van der Waals surface area contributed by atoms with Crippen molar-refractivity contribution in [1.29, 1.82) is 0 Å². The van der Waals surface area contributed by atoms with Gasteiger partial charge in [-0.2, -0.15) is 10.1 Å². The van der Waals surface area contributed by atoms with Crippen molar-refractivity contribution >= 4 is 39.9 Å². The average molecular weight is 470 g/mol. The molecule has 1 aliphatic rings. The van der Waals surface area contributed by atoms with Crippen LogP contribution in [0.15, 0.2) is 6.20 Å². The van der Waals surface area contributed by atoms with Gasteiger partial charge in [0.2, 0.25) is 5.28 Å². The van der Waals surface area contributed by atoms with Crippen LogP contribution in [0.2, 0.25) is 10.4 Å². The van der Waals surface area contributed by atoms with E-state index in [2.05, 4.69) is 20.2 Å². The van der Waals surface area contributed by atoms with Crippen molar-refractivity contribution in [1.82, 2.24) is 29.5 Å². The average Bonchev–Trinajstić information content (AvgIpc) is 3.23. The largest absolute Gasteiger partial charge is 0.471 e. The summed E-state index contributed by atoms with van der Waals surface area (Å²) < 4.78 is 14.5. The Morgan fingerprint density at radius 1 is 1.35 bits per heavy atom. The van der Waals surface area contributed by atoms with E-state index in [-0.39, 0.29) is 40.6 Å². The van der Waals surface area contributed by atoms with Crippen molar-refractivity contribution in [3.8, 4) is 5.88 Å². The van der Waals surface area contributed by atoms with Crippen LogP contribution in [-0.4, -0.2) is 54.3 Å². The van der Waals surface area contributed by atoms with Crippen molar-refractivity contribution in [3.63, 3.8) is 0 Å². The van der Waals surface area contributed by atoms with E-state index in [0.29, 0.717) is 36.5 Å². The van der Waals surface area contributed by atoms with Gasteiger partial charge in [0.25, 0.3) is 0 Å². The van der Waals surface area contributed by atoms with E-state index >= 15 is 0 Å². The van der Waals surface area contributed by atoms with Crippen molar-refractivity contribution in [2.24, 2.45) is 5.92 Å². The maximum absolute atomic E-state index is 11.6. The fourth-order valence-electron chi connectivity index (χ4n) is 3.67. The third kappa shape index (κ3) is 4.43. The molecule has 4 rings (SSSR count). The van der Waals surface area contributed by atoms with Gasteiger partial charge in [-0.1, -0.05) is 18.5 Å². The zero-order valence-electron chi connectivity index (χ0n) is 17.0. The zero-order valence-corrected chi connectivity index (χ0v) is 18.5. The number of hydrogen-bond acceptors (Lipinski definition) is 8. The summed E-state index contributed by atoms with van der Waals surface area (Å²) in [5.74, 6) is -0.0457. The minimum Gasteiger partial charge on any atom is -0.471 e. The maximum Gasteiger partial charge on any atom is 0.352 e. The first-order valence-corrected chi connectivity index (χ1v) is 10.6. The van der Waals surface area contributed by atoms with Crippen LogP contribution in [0.3, 0.4) is 0 Å². The summed E-state index contributed by atoms with van der Waals surface area (Å²) >= 11 is 12.0. The summed E-state index contributed by atoms with van der Waals surface area (Å²) in [6, 6.07) is 0.0595. The summed E-state index contributed by atoms with van der Waals surface area (Å²) in [6.07, 6.45) is 3.03. The number of nitro groups is 1. The Labute approximate surface area is 187 Å². The molecule has 0 bridgehead atoms. The van der Waals surface area contributed by atoms with Gasteiger partial charge in [0.15, 0.2) is 10.8 Å². The molecule has 1 fully saturated rings. The highest BCUT2D eigenvalue weighted by molar-refractivity contribution is 6.34. The Morgan fingerprint density at radius 3 is 2.81 bits per heavy atom. The van der Waals surface area contributed by atoms with Crippen LogP contribution in [0.25, 0.3) is 11.0 Å². The van der Waals surface area contributed by atoms with Gasteiger partial charge in [-0.15, -0.1) is 5.10 Å². The summed E-state index contributed by atoms with van der Waals surface area (Å²) in [4.78, 5) is 19.3. The Balaban J connectivity index is 1.50. The van der Waals surface area contributed by atoms with Gasteiger partial charge in [-0.05, 0) is 31.4 Å². The van der Waals surface area contributed by atoms with Crippen LogP contribution in [0.1, 0.15) is 31.5 Å². The molecule has 0 radical (unpaired) electrons. The number of hydrogen-bond donors (Lipinski definition) is 0. The van der Waals surface area contributed by atoms with Crippen LogP contribution in [-0.2, 0) is 11.3 Å². The smallest absolute Gasteiger partial charge is 0.352 e. The first-order valence-electron chi connectivity index (χ1n) is 9.83. The lowest BCUT2D eigenvalue weighted by molar-refractivity contribution is -0.386. The normalized spacial score (nSPS) is 16.0. The standard InChI is InChI=1S/C18H21Cl2N7O4/c1-10(8-25-16-13(15(19)23-25)7-21-18(20)22-16)9-31-17-14(27(28)29)11(2)26(24-17)12-3-5-30-6-4-12/h7,10,12H,3-6,8-9H2,1-2H3/t10-/m1/s1. The lowest BCUT2D eigenvalue weighted by Crippen LogP contribution is -2.21. The van der Waals surface area contributed by atoms with E-state index < -0.39 is 4.92 Å². The number of nitrogens with zero attached hydrogens (tertiary/aromatic N) is 7. The summed E-state index contributed by atoms with van der Waals surface area (Å²) in [5, 5.41) is 21.3. The molecule has 0 aromatic carbocycles. The Bertz CT molecular complexity index is 1110. The third-order valence-corrected chi connectivity index (χ3v) is 5.67. The zero-order chi connectivity index (χ0) is 22.1. The van der Waals surface area contributed by atoms with E-state index in [9.17, 15) is 10.1 Å². The highest BCUT2D eigenvalue weighted by atomic mass is 35.5. The molecule has 1 saturated heterocycles. The molecule has 1 aliphatic heterocycles. The van der Waals surface area contributed by atoms with E-state index in [1.807, 2.05) is 6.92 Å². The van der Waals surface area contributed by atoms with Gasteiger partial charge in [-0.3, -0.25) is 14.8 Å². The predicted octanol–water partition coefficient (Wildman–Crippen LogP) is 3.61. The van der Waals surface area contributed by atoms with Crippen LogP contribution >= 0.6 is 23.2 Å². The molecule has 13 heteroatoms. The van der Waals surface area contributed by atoms with Crippen molar-refractivity contribution in [3.05, 3.63) is 32.4 Å². The Hall–Kier alpha value is -2.50.